The van der Waals surface area contributed by atoms with E-state index in [1.807, 2.05) is 24.3 Å². The molecule has 0 saturated carbocycles. The van der Waals surface area contributed by atoms with Gasteiger partial charge in [-0.25, -0.2) is 9.59 Å². The van der Waals surface area contributed by atoms with Crippen LogP contribution in [0.25, 0.3) is 11.1 Å². The predicted molar refractivity (Wildman–Crippen MR) is 113 cm³/mol. The van der Waals surface area contributed by atoms with E-state index in [-0.39, 0.29) is 12.5 Å². The highest BCUT2D eigenvalue weighted by atomic mass is 16.5. The number of carbonyl (C=O) groups is 2. The number of amides is 1. The lowest BCUT2D eigenvalue weighted by molar-refractivity contribution is -0.139. The topological polar surface area (TPSA) is 75.6 Å². The molecule has 2 aromatic carbocycles. The number of carbonyl (C=O) groups excluding carboxylic acids is 1. The second-order valence-electron chi connectivity index (χ2n) is 8.16. The molecule has 2 atom stereocenters. The number of benzene rings is 2. The molecule has 5 heteroatoms. The minimum atomic E-state index is -1.03. The van der Waals surface area contributed by atoms with Crippen molar-refractivity contribution in [1.29, 1.82) is 0 Å². The van der Waals surface area contributed by atoms with Gasteiger partial charge in [0.25, 0.3) is 0 Å². The lowest BCUT2D eigenvalue weighted by atomic mass is 9.91. The van der Waals surface area contributed by atoms with Gasteiger partial charge in [-0.05, 0) is 46.9 Å². The van der Waals surface area contributed by atoms with Gasteiger partial charge < -0.3 is 15.2 Å². The fourth-order valence-electron chi connectivity index (χ4n) is 3.80. The molecule has 0 fully saturated rings. The van der Waals surface area contributed by atoms with Crippen LogP contribution in [-0.2, 0) is 9.53 Å². The van der Waals surface area contributed by atoms with Gasteiger partial charge in [0.1, 0.15) is 12.6 Å². The van der Waals surface area contributed by atoms with Crippen molar-refractivity contribution >= 4 is 12.1 Å². The molecule has 1 aliphatic carbocycles. The fourth-order valence-corrected chi connectivity index (χ4v) is 3.80. The van der Waals surface area contributed by atoms with Gasteiger partial charge in [0, 0.05) is 5.92 Å². The quantitative estimate of drug-likeness (QED) is 0.656. The van der Waals surface area contributed by atoms with Gasteiger partial charge in [-0.1, -0.05) is 69.3 Å². The minimum Gasteiger partial charge on any atom is -0.480 e. The zero-order valence-electron chi connectivity index (χ0n) is 17.2. The zero-order valence-corrected chi connectivity index (χ0v) is 17.2. The van der Waals surface area contributed by atoms with Gasteiger partial charge in [-0.3, -0.25) is 0 Å². The van der Waals surface area contributed by atoms with Gasteiger partial charge in [-0.2, -0.15) is 0 Å². The minimum absolute atomic E-state index is 0.0441. The molecule has 154 valence electrons. The molecule has 1 amide bonds. The van der Waals surface area contributed by atoms with E-state index in [9.17, 15) is 14.7 Å². The second-order valence-corrected chi connectivity index (χ2v) is 8.16. The third-order valence-corrected chi connectivity index (χ3v) is 5.98. The lowest BCUT2D eigenvalue weighted by Crippen LogP contribution is -2.41. The number of aliphatic carboxylic acids is 1. The standard InChI is InChI=1S/C24H29NO4/c1-15(2)16(3)12-13-22(23(26)27)25-24(28)29-14-21-19-10-6-4-8-17(19)18-9-5-7-11-20(18)21/h4-11,15-16,21-22H,12-14H2,1-3H3,(H,25,28)(H,26,27). The first-order valence-corrected chi connectivity index (χ1v) is 10.2. The van der Waals surface area contributed by atoms with Crippen LogP contribution in [0.15, 0.2) is 48.5 Å². The fraction of sp³-hybridized carbons (Fsp3) is 0.417. The Kier molecular flexibility index (Phi) is 6.57. The van der Waals surface area contributed by atoms with Crippen LogP contribution < -0.4 is 5.32 Å². The van der Waals surface area contributed by atoms with Crippen LogP contribution in [0.3, 0.4) is 0 Å². The lowest BCUT2D eigenvalue weighted by Gasteiger charge is -2.20. The number of rotatable bonds is 8. The van der Waals surface area contributed by atoms with Crippen molar-refractivity contribution in [3.8, 4) is 11.1 Å². The highest BCUT2D eigenvalue weighted by molar-refractivity contribution is 5.81. The number of hydrogen-bond donors (Lipinski definition) is 2. The summed E-state index contributed by atoms with van der Waals surface area (Å²) >= 11 is 0. The molecule has 0 aliphatic heterocycles. The third kappa shape index (κ3) is 4.78. The summed E-state index contributed by atoms with van der Waals surface area (Å²) in [6.45, 7) is 6.49. The molecule has 5 nitrogen and oxygen atoms in total. The maximum atomic E-state index is 12.3. The van der Waals surface area contributed by atoms with Crippen LogP contribution in [0.1, 0.15) is 50.7 Å². The normalized spacial score (nSPS) is 14.8. The van der Waals surface area contributed by atoms with Crippen molar-refractivity contribution in [2.75, 3.05) is 6.61 Å². The summed E-state index contributed by atoms with van der Waals surface area (Å²) in [5, 5.41) is 12.0. The largest absolute Gasteiger partial charge is 0.480 e. The van der Waals surface area contributed by atoms with Crippen molar-refractivity contribution in [2.24, 2.45) is 11.8 Å². The summed E-state index contributed by atoms with van der Waals surface area (Å²) in [6.07, 6.45) is 0.438. The number of carboxylic acid groups (broad SMARTS) is 1. The molecule has 2 N–H and O–H groups in total. The molecule has 3 rings (SSSR count). The Morgan fingerprint density at radius 2 is 1.52 bits per heavy atom. The van der Waals surface area contributed by atoms with Gasteiger partial charge in [0.2, 0.25) is 0 Å². The van der Waals surface area contributed by atoms with Crippen molar-refractivity contribution in [3.05, 3.63) is 59.7 Å². The number of hydrogen-bond acceptors (Lipinski definition) is 3. The molecule has 2 aromatic rings. The van der Waals surface area contributed by atoms with Crippen LogP contribution in [0.2, 0.25) is 0 Å². The van der Waals surface area contributed by atoms with E-state index in [2.05, 4.69) is 50.4 Å². The van der Waals surface area contributed by atoms with Crippen molar-refractivity contribution in [2.45, 2.75) is 45.6 Å². The van der Waals surface area contributed by atoms with Crippen LogP contribution >= 0.6 is 0 Å². The SMILES string of the molecule is CC(C)C(C)CCC(NC(=O)OCC1c2ccccc2-c2ccccc21)C(=O)O. The monoisotopic (exact) mass is 395 g/mol. The molecular formula is C24H29NO4. The molecular weight excluding hydrogens is 366 g/mol. The van der Waals surface area contributed by atoms with E-state index < -0.39 is 18.1 Å². The van der Waals surface area contributed by atoms with Crippen molar-refractivity contribution in [3.63, 3.8) is 0 Å². The molecule has 2 unspecified atom stereocenters. The van der Waals surface area contributed by atoms with E-state index in [1.54, 1.807) is 0 Å². The summed E-state index contributed by atoms with van der Waals surface area (Å²) in [5.41, 5.74) is 4.57. The summed E-state index contributed by atoms with van der Waals surface area (Å²) < 4.78 is 5.46. The first-order chi connectivity index (χ1) is 13.9. The number of carboxylic acids is 1. The number of alkyl carbamates (subject to hydrolysis) is 1. The average Bonchev–Trinajstić information content (AvgIpc) is 3.03. The van der Waals surface area contributed by atoms with Gasteiger partial charge in [0.15, 0.2) is 0 Å². The summed E-state index contributed by atoms with van der Waals surface area (Å²) in [6, 6.07) is 15.3. The maximum absolute atomic E-state index is 12.3. The smallest absolute Gasteiger partial charge is 0.407 e. The van der Waals surface area contributed by atoms with E-state index in [0.717, 1.165) is 28.7 Å². The van der Waals surface area contributed by atoms with E-state index in [1.165, 1.54) is 0 Å². The average molecular weight is 395 g/mol. The van der Waals surface area contributed by atoms with E-state index in [0.29, 0.717) is 18.3 Å². The Morgan fingerprint density at radius 3 is 2.03 bits per heavy atom. The summed E-state index contributed by atoms with van der Waals surface area (Å²) in [7, 11) is 0. The molecule has 0 heterocycles. The second kappa shape index (κ2) is 9.12. The molecule has 29 heavy (non-hydrogen) atoms. The highest BCUT2D eigenvalue weighted by Crippen LogP contribution is 2.44. The van der Waals surface area contributed by atoms with Crippen LogP contribution in [-0.4, -0.2) is 29.8 Å². The Hall–Kier alpha value is -2.82. The number of nitrogens with one attached hydrogen (secondary N) is 1. The highest BCUT2D eigenvalue weighted by Gasteiger charge is 2.29. The van der Waals surface area contributed by atoms with Gasteiger partial charge in [-0.15, -0.1) is 0 Å². The maximum Gasteiger partial charge on any atom is 0.407 e. The zero-order chi connectivity index (χ0) is 21.0. The Bertz CT molecular complexity index is 831. The Labute approximate surface area is 172 Å². The third-order valence-electron chi connectivity index (χ3n) is 5.98. The van der Waals surface area contributed by atoms with Crippen LogP contribution in [0.4, 0.5) is 4.79 Å². The molecule has 0 aromatic heterocycles. The molecule has 0 spiro atoms. The molecule has 1 aliphatic rings. The summed E-state index contributed by atoms with van der Waals surface area (Å²) in [5.74, 6) is -0.216. The number of ether oxygens (including phenoxy) is 1. The number of fused-ring (bicyclic) bond motifs is 3. The van der Waals surface area contributed by atoms with E-state index >= 15 is 0 Å². The summed E-state index contributed by atoms with van der Waals surface area (Å²) in [4.78, 5) is 23.9. The first-order valence-electron chi connectivity index (χ1n) is 10.2. The molecule has 0 bridgehead atoms. The van der Waals surface area contributed by atoms with E-state index in [4.69, 9.17) is 4.74 Å². The van der Waals surface area contributed by atoms with Gasteiger partial charge >= 0.3 is 12.1 Å². The Morgan fingerprint density at radius 1 is 0.966 bits per heavy atom. The molecule has 0 saturated heterocycles. The molecule has 0 radical (unpaired) electrons. The van der Waals surface area contributed by atoms with Crippen molar-refractivity contribution in [1.82, 2.24) is 5.32 Å². The predicted octanol–water partition coefficient (Wildman–Crippen LogP) is 5.05. The van der Waals surface area contributed by atoms with Crippen molar-refractivity contribution < 1.29 is 19.4 Å². The van der Waals surface area contributed by atoms with Crippen LogP contribution in [0.5, 0.6) is 0 Å². The Balaban J connectivity index is 1.62. The van der Waals surface area contributed by atoms with Crippen LogP contribution in [0, 0.1) is 11.8 Å². The first kappa shape index (κ1) is 20.9. The van der Waals surface area contributed by atoms with Gasteiger partial charge in [0.05, 0.1) is 0 Å².